The van der Waals surface area contributed by atoms with E-state index >= 15 is 0 Å². The monoisotopic (exact) mass is 294 g/mol. The highest BCUT2D eigenvalue weighted by Gasteiger charge is 2.56. The minimum absolute atomic E-state index is 0.152. The van der Waals surface area contributed by atoms with E-state index in [0.29, 0.717) is 0 Å². The summed E-state index contributed by atoms with van der Waals surface area (Å²) in [4.78, 5) is 47.2. The van der Waals surface area contributed by atoms with E-state index < -0.39 is 41.7 Å². The van der Waals surface area contributed by atoms with Crippen molar-refractivity contribution in [2.45, 2.75) is 18.6 Å². The Bertz CT molecular complexity index is 718. The number of piperidine rings is 1. The largest absolute Gasteiger partial charge is 0.292 e. The van der Waals surface area contributed by atoms with Gasteiger partial charge in [-0.3, -0.25) is 24.5 Å². The van der Waals surface area contributed by atoms with E-state index in [2.05, 4.69) is 0 Å². The first-order chi connectivity index (χ1) is 9.84. The van der Waals surface area contributed by atoms with Crippen molar-refractivity contribution in [3.8, 4) is 0 Å². The van der Waals surface area contributed by atoms with Crippen molar-refractivity contribution >= 4 is 23.6 Å². The molecule has 1 saturated heterocycles. The number of amides is 4. The Morgan fingerprint density at radius 1 is 1.10 bits per heavy atom. The molecule has 6 nitrogen and oxygen atoms in total. The first-order valence-electron chi connectivity index (χ1n) is 6.06. The Morgan fingerprint density at radius 3 is 2.43 bits per heavy atom. The zero-order chi connectivity index (χ0) is 15.4. The average molecular weight is 294 g/mol. The number of fused-ring (bicyclic) bond motifs is 1. The molecule has 0 aliphatic carbocycles. The number of carbonyl (C=O) groups excluding carboxylic acids is 4. The Balaban J connectivity index is 2.05. The molecule has 2 aliphatic heterocycles. The quantitative estimate of drug-likeness (QED) is 0.604. The van der Waals surface area contributed by atoms with Crippen molar-refractivity contribution in [2.24, 2.45) is 0 Å². The number of halogens is 2. The summed E-state index contributed by atoms with van der Waals surface area (Å²) in [5.74, 6) is -7.88. The molecule has 1 aromatic carbocycles. The third kappa shape index (κ3) is 1.75. The third-order valence-electron chi connectivity index (χ3n) is 3.49. The lowest BCUT2D eigenvalue weighted by molar-refractivity contribution is -0.151. The zero-order valence-corrected chi connectivity index (χ0v) is 10.5. The van der Waals surface area contributed by atoms with Crippen LogP contribution < -0.4 is 5.32 Å². The van der Waals surface area contributed by atoms with Crippen LogP contribution in [0.2, 0.25) is 0 Å². The molecule has 1 atom stereocenters. The van der Waals surface area contributed by atoms with Crippen molar-refractivity contribution in [3.05, 3.63) is 35.1 Å². The summed E-state index contributed by atoms with van der Waals surface area (Å²) in [6.45, 7) is 0. The summed E-state index contributed by atoms with van der Waals surface area (Å²) in [5, 5.41) is 1.75. The standard InChI is InChI=1S/C13H8F2N2O4/c14-6-1-2-7-8(5-6)11(20)17(10(7)19)13(15)4-3-9(18)16-12(13)21/h1-2,5H,3-4H2,(H,16,18,21). The lowest BCUT2D eigenvalue weighted by atomic mass is 10.0. The summed E-state index contributed by atoms with van der Waals surface area (Å²) in [6.07, 6.45) is -0.963. The van der Waals surface area contributed by atoms with Crippen LogP contribution in [0.1, 0.15) is 33.6 Å². The van der Waals surface area contributed by atoms with E-state index in [1.807, 2.05) is 0 Å². The Morgan fingerprint density at radius 2 is 1.76 bits per heavy atom. The Kier molecular flexibility index (Phi) is 2.65. The molecule has 0 aromatic heterocycles. The summed E-state index contributed by atoms with van der Waals surface area (Å²) < 4.78 is 28.0. The fourth-order valence-corrected chi connectivity index (χ4v) is 2.43. The van der Waals surface area contributed by atoms with E-state index in [4.69, 9.17) is 0 Å². The fraction of sp³-hybridized carbons (Fsp3) is 0.231. The Hall–Kier alpha value is -2.64. The van der Waals surface area contributed by atoms with Crippen LogP contribution in [0.25, 0.3) is 0 Å². The summed E-state index contributed by atoms with van der Waals surface area (Å²) >= 11 is 0. The second-order valence-corrected chi connectivity index (χ2v) is 4.77. The van der Waals surface area contributed by atoms with Crippen LogP contribution in [0.4, 0.5) is 8.78 Å². The van der Waals surface area contributed by atoms with Gasteiger partial charge in [-0.15, -0.1) is 0 Å². The molecule has 1 aromatic rings. The van der Waals surface area contributed by atoms with Gasteiger partial charge in [0, 0.05) is 12.8 Å². The smallest absolute Gasteiger partial charge is 0.285 e. The molecule has 0 bridgehead atoms. The van der Waals surface area contributed by atoms with Crippen LogP contribution in [-0.2, 0) is 9.59 Å². The van der Waals surface area contributed by atoms with Crippen LogP contribution >= 0.6 is 0 Å². The van der Waals surface area contributed by atoms with Crippen LogP contribution in [-0.4, -0.2) is 34.3 Å². The SMILES string of the molecule is O=C1CCC(F)(N2C(=O)c3ccc(F)cc3C2=O)C(=O)N1. The predicted molar refractivity (Wildman–Crippen MR) is 63.1 cm³/mol. The van der Waals surface area contributed by atoms with Gasteiger partial charge < -0.3 is 0 Å². The number of hydrogen-bond acceptors (Lipinski definition) is 4. The highest BCUT2D eigenvalue weighted by Crippen LogP contribution is 2.35. The molecule has 108 valence electrons. The highest BCUT2D eigenvalue weighted by atomic mass is 19.1. The third-order valence-corrected chi connectivity index (χ3v) is 3.49. The highest BCUT2D eigenvalue weighted by molar-refractivity contribution is 6.24. The molecule has 0 saturated carbocycles. The summed E-state index contributed by atoms with van der Waals surface area (Å²) in [7, 11) is 0. The van der Waals surface area contributed by atoms with Crippen LogP contribution in [0.3, 0.4) is 0 Å². The number of rotatable bonds is 1. The van der Waals surface area contributed by atoms with Gasteiger partial charge in [0.05, 0.1) is 11.1 Å². The lowest BCUT2D eigenvalue weighted by Gasteiger charge is -2.33. The van der Waals surface area contributed by atoms with Gasteiger partial charge in [-0.1, -0.05) is 0 Å². The van der Waals surface area contributed by atoms with E-state index in [0.717, 1.165) is 18.2 Å². The minimum Gasteiger partial charge on any atom is -0.292 e. The number of hydrogen-bond donors (Lipinski definition) is 1. The molecule has 4 amide bonds. The average Bonchev–Trinajstić information content (AvgIpc) is 2.67. The van der Waals surface area contributed by atoms with Gasteiger partial charge in [0.1, 0.15) is 5.82 Å². The van der Waals surface area contributed by atoms with Gasteiger partial charge in [-0.25, -0.2) is 13.7 Å². The number of carbonyl (C=O) groups is 4. The van der Waals surface area contributed by atoms with E-state index in [1.54, 1.807) is 5.32 Å². The van der Waals surface area contributed by atoms with Gasteiger partial charge >= 0.3 is 0 Å². The fourth-order valence-electron chi connectivity index (χ4n) is 2.43. The number of imide groups is 2. The van der Waals surface area contributed by atoms with E-state index in [9.17, 15) is 28.0 Å². The van der Waals surface area contributed by atoms with Gasteiger partial charge in [0.15, 0.2) is 0 Å². The molecule has 2 heterocycles. The molecule has 1 N–H and O–H groups in total. The van der Waals surface area contributed by atoms with Gasteiger partial charge in [0.25, 0.3) is 23.5 Å². The molecular formula is C13H8F2N2O4. The summed E-state index contributed by atoms with van der Waals surface area (Å²) in [5.41, 5.74) is -0.482. The maximum Gasteiger partial charge on any atom is 0.285 e. The molecular weight excluding hydrogens is 286 g/mol. The first kappa shape index (κ1) is 13.3. The van der Waals surface area contributed by atoms with E-state index in [1.165, 1.54) is 0 Å². The number of alkyl halides is 1. The molecule has 1 unspecified atom stereocenters. The van der Waals surface area contributed by atoms with Crippen molar-refractivity contribution in [1.82, 2.24) is 10.2 Å². The van der Waals surface area contributed by atoms with Gasteiger partial charge in [-0.05, 0) is 18.2 Å². The minimum atomic E-state index is -2.95. The molecule has 3 rings (SSSR count). The van der Waals surface area contributed by atoms with Crippen molar-refractivity contribution < 1.29 is 28.0 Å². The molecule has 8 heteroatoms. The van der Waals surface area contributed by atoms with Crippen LogP contribution in [0.15, 0.2) is 18.2 Å². The second-order valence-electron chi connectivity index (χ2n) is 4.77. The van der Waals surface area contributed by atoms with Crippen molar-refractivity contribution in [2.75, 3.05) is 0 Å². The van der Waals surface area contributed by atoms with Crippen LogP contribution in [0.5, 0.6) is 0 Å². The topological polar surface area (TPSA) is 83.6 Å². The molecule has 2 aliphatic rings. The second kappa shape index (κ2) is 4.18. The summed E-state index contributed by atoms with van der Waals surface area (Å²) in [6, 6.07) is 2.83. The molecule has 21 heavy (non-hydrogen) atoms. The molecule has 1 fully saturated rings. The maximum atomic E-state index is 14.8. The first-order valence-corrected chi connectivity index (χ1v) is 6.06. The van der Waals surface area contributed by atoms with Gasteiger partial charge in [0.2, 0.25) is 5.91 Å². The van der Waals surface area contributed by atoms with Crippen molar-refractivity contribution in [1.29, 1.82) is 0 Å². The number of nitrogens with zero attached hydrogens (tertiary/aromatic N) is 1. The molecule has 0 radical (unpaired) electrons. The lowest BCUT2D eigenvalue weighted by Crippen LogP contribution is -2.61. The number of nitrogens with one attached hydrogen (secondary N) is 1. The maximum absolute atomic E-state index is 14.8. The number of benzene rings is 1. The normalized spacial score (nSPS) is 25.1. The predicted octanol–water partition coefficient (Wildman–Crippen LogP) is 0.524. The van der Waals surface area contributed by atoms with E-state index in [-0.39, 0.29) is 22.4 Å². The van der Waals surface area contributed by atoms with Crippen LogP contribution in [0, 0.1) is 5.82 Å². The van der Waals surface area contributed by atoms with Gasteiger partial charge in [-0.2, -0.15) is 0 Å². The zero-order valence-electron chi connectivity index (χ0n) is 10.5. The molecule has 0 spiro atoms. The van der Waals surface area contributed by atoms with Crippen molar-refractivity contribution in [3.63, 3.8) is 0 Å². The Labute approximate surface area is 116 Å².